The van der Waals surface area contributed by atoms with Crippen LogP contribution in [-0.4, -0.2) is 96.7 Å². The van der Waals surface area contributed by atoms with Gasteiger partial charge in [-0.05, 0) is 31.6 Å². The smallest absolute Gasteiger partial charge is 0.462 e. The van der Waals surface area contributed by atoms with E-state index >= 15 is 0 Å². The first-order valence-corrected chi connectivity index (χ1v) is 50.7. The molecule has 0 amide bonds. The Labute approximate surface area is 683 Å². The summed E-state index contributed by atoms with van der Waals surface area (Å²) in [4.78, 5) is 73.4. The van der Waals surface area contributed by atoms with E-state index in [1.54, 1.807) is 0 Å². The van der Waals surface area contributed by atoms with Gasteiger partial charge in [0, 0.05) is 25.7 Å². The minimum atomic E-state index is -4.97. The zero-order valence-corrected chi connectivity index (χ0v) is 74.9. The first-order chi connectivity index (χ1) is 54.1. The number of carbonyl (C=O) groups excluding carboxylic acids is 4. The highest BCUT2D eigenvalue weighted by atomic mass is 31.2. The van der Waals surface area contributed by atoms with E-state index in [9.17, 15) is 43.2 Å². The van der Waals surface area contributed by atoms with Crippen molar-refractivity contribution in [2.45, 2.75) is 522 Å². The van der Waals surface area contributed by atoms with E-state index < -0.39 is 97.5 Å². The Morgan fingerprint density at radius 1 is 0.252 bits per heavy atom. The normalized spacial score (nSPS) is 13.9. The summed E-state index contributed by atoms with van der Waals surface area (Å²) in [6.07, 6.45) is 80.9. The Morgan fingerprint density at radius 3 is 0.640 bits per heavy atom. The molecule has 0 fully saturated rings. The lowest BCUT2D eigenvalue weighted by molar-refractivity contribution is -0.161. The van der Waals surface area contributed by atoms with Crippen LogP contribution in [0.4, 0.5) is 0 Å². The van der Waals surface area contributed by atoms with E-state index in [1.807, 2.05) is 0 Å². The van der Waals surface area contributed by atoms with Gasteiger partial charge in [0.15, 0.2) is 12.2 Å². The largest absolute Gasteiger partial charge is 0.472 e. The zero-order chi connectivity index (χ0) is 81.1. The number of aliphatic hydroxyl groups excluding tert-OH is 1. The van der Waals surface area contributed by atoms with Crippen LogP contribution in [0.25, 0.3) is 0 Å². The summed E-state index contributed by atoms with van der Waals surface area (Å²) in [5, 5.41) is 10.7. The second kappa shape index (κ2) is 84.5. The molecule has 0 aliphatic carbocycles. The van der Waals surface area contributed by atoms with E-state index in [2.05, 4.69) is 34.6 Å². The van der Waals surface area contributed by atoms with Gasteiger partial charge in [0.1, 0.15) is 19.3 Å². The second-order valence-electron chi connectivity index (χ2n) is 33.3. The van der Waals surface area contributed by atoms with Crippen molar-refractivity contribution >= 4 is 39.5 Å². The third kappa shape index (κ3) is 84.3. The van der Waals surface area contributed by atoms with Crippen LogP contribution in [0.3, 0.4) is 0 Å². The van der Waals surface area contributed by atoms with E-state index in [-0.39, 0.29) is 25.7 Å². The maximum atomic E-state index is 13.2. The molecule has 0 saturated heterocycles. The molecule has 111 heavy (non-hydrogen) atoms. The number of ether oxygens (including phenoxy) is 4. The van der Waals surface area contributed by atoms with E-state index in [1.165, 1.54) is 321 Å². The number of unbranched alkanes of at least 4 members (excludes halogenated alkanes) is 63. The summed E-state index contributed by atoms with van der Waals surface area (Å²) < 4.78 is 69.1. The Morgan fingerprint density at radius 2 is 0.432 bits per heavy atom. The molecule has 6 atom stereocenters. The predicted molar refractivity (Wildman–Crippen MR) is 460 cm³/mol. The fourth-order valence-electron chi connectivity index (χ4n) is 14.5. The number of carbonyl (C=O) groups is 4. The molecule has 0 heterocycles. The highest BCUT2D eigenvalue weighted by Crippen LogP contribution is 2.45. The molecule has 0 aromatic heterocycles. The number of phosphoric ester groups is 2. The van der Waals surface area contributed by atoms with Gasteiger partial charge in [0.2, 0.25) is 0 Å². The van der Waals surface area contributed by atoms with Gasteiger partial charge >= 0.3 is 39.5 Å². The highest BCUT2D eigenvalue weighted by molar-refractivity contribution is 7.47. The number of aliphatic hydroxyl groups is 1. The number of hydrogen-bond donors (Lipinski definition) is 3. The van der Waals surface area contributed by atoms with Crippen LogP contribution >= 0.6 is 15.6 Å². The number of rotatable bonds is 92. The second-order valence-corrected chi connectivity index (χ2v) is 36.2. The molecule has 3 unspecified atom stereocenters. The lowest BCUT2D eigenvalue weighted by Crippen LogP contribution is -2.30. The van der Waals surface area contributed by atoms with Crippen molar-refractivity contribution in [1.29, 1.82) is 0 Å². The van der Waals surface area contributed by atoms with Gasteiger partial charge in [-0.1, -0.05) is 452 Å². The summed E-state index contributed by atoms with van der Waals surface area (Å²) in [6, 6.07) is 0. The maximum Gasteiger partial charge on any atom is 0.472 e. The van der Waals surface area contributed by atoms with Crippen LogP contribution in [0.5, 0.6) is 0 Å². The SMILES string of the molecule is CCCCCCCCCCCCCCCCCCCCCCCC(=O)O[C@H](COC(=O)CCCCCCCCCCCCCCCCCCCCCC)COP(=O)(O)OC[C@@H](O)COP(=O)(O)OC[C@@H](COC(=O)CCCCCCCCC(C)CC)OC(=O)CCCCCCCCCCCCCCCCCCCCCC. The predicted octanol–water partition coefficient (Wildman–Crippen LogP) is 28.7. The third-order valence-corrected chi connectivity index (χ3v) is 24.0. The zero-order valence-electron chi connectivity index (χ0n) is 73.1. The Bertz CT molecular complexity index is 2100. The summed E-state index contributed by atoms with van der Waals surface area (Å²) >= 11 is 0. The first kappa shape index (κ1) is 109. The maximum absolute atomic E-state index is 13.2. The van der Waals surface area contributed by atoms with Crippen molar-refractivity contribution in [2.24, 2.45) is 5.92 Å². The average Bonchev–Trinajstić information content (AvgIpc) is 0.900. The molecule has 0 aliphatic rings. The molecule has 0 saturated carbocycles. The minimum absolute atomic E-state index is 0.108. The van der Waals surface area contributed by atoms with Gasteiger partial charge in [-0.2, -0.15) is 0 Å². The number of phosphoric acid groups is 2. The van der Waals surface area contributed by atoms with Gasteiger partial charge in [0.25, 0.3) is 0 Å². The van der Waals surface area contributed by atoms with Gasteiger partial charge in [-0.15, -0.1) is 0 Å². The standard InChI is InChI=1S/C92H180O17P2/c1-6-10-13-16-19-22-25-28-31-34-37-40-43-46-49-52-55-58-61-67-72-77-91(96)108-87(81-102-89(94)75-70-65-59-56-53-50-47-44-41-38-35-32-29-26-23-20-17-14-11-7-2)83-106-110(98,99)104-79-86(93)80-105-111(100,101)107-84-88(82-103-90(95)76-71-66-63-62-64-69-74-85(5)9-4)109-92(97)78-73-68-60-57-54-51-48-45-42-39-36-33-30-27-24-21-18-15-12-8-3/h85-88,93H,6-84H2,1-5H3,(H,98,99)(H,100,101)/t85?,86-,87-,88-/m1/s1. The monoisotopic (exact) mass is 1620 g/mol. The van der Waals surface area contributed by atoms with Gasteiger partial charge in [0.05, 0.1) is 26.4 Å². The fourth-order valence-corrected chi connectivity index (χ4v) is 16.1. The lowest BCUT2D eigenvalue weighted by Gasteiger charge is -2.21. The molecular formula is C92H180O17P2. The molecule has 0 bridgehead atoms. The number of esters is 4. The molecule has 660 valence electrons. The van der Waals surface area contributed by atoms with Crippen LogP contribution in [0.15, 0.2) is 0 Å². The van der Waals surface area contributed by atoms with Crippen LogP contribution in [0.1, 0.15) is 503 Å². The summed E-state index contributed by atoms with van der Waals surface area (Å²) in [5.74, 6) is -1.36. The van der Waals surface area contributed by atoms with E-state index in [0.29, 0.717) is 25.7 Å². The Balaban J connectivity index is 5.21. The average molecular weight is 1620 g/mol. The highest BCUT2D eigenvalue weighted by Gasteiger charge is 2.31. The van der Waals surface area contributed by atoms with E-state index in [0.717, 1.165) is 102 Å². The van der Waals surface area contributed by atoms with Gasteiger partial charge in [-0.25, -0.2) is 9.13 Å². The fraction of sp³-hybridized carbons (Fsp3) is 0.957. The Kier molecular flexibility index (Phi) is 83.0. The summed E-state index contributed by atoms with van der Waals surface area (Å²) in [5.41, 5.74) is 0. The quantitative estimate of drug-likeness (QED) is 0.0222. The van der Waals surface area contributed by atoms with E-state index in [4.69, 9.17) is 37.0 Å². The van der Waals surface area contributed by atoms with Crippen molar-refractivity contribution in [3.8, 4) is 0 Å². The molecule has 19 heteroatoms. The molecule has 0 radical (unpaired) electrons. The lowest BCUT2D eigenvalue weighted by atomic mass is 10.00. The van der Waals surface area contributed by atoms with Crippen molar-refractivity contribution in [2.75, 3.05) is 39.6 Å². The molecule has 0 spiro atoms. The van der Waals surface area contributed by atoms with Crippen LogP contribution in [-0.2, 0) is 65.4 Å². The molecule has 0 aromatic carbocycles. The number of hydrogen-bond acceptors (Lipinski definition) is 15. The minimum Gasteiger partial charge on any atom is -0.462 e. The van der Waals surface area contributed by atoms with Crippen molar-refractivity contribution in [1.82, 2.24) is 0 Å². The molecule has 17 nitrogen and oxygen atoms in total. The van der Waals surface area contributed by atoms with Gasteiger partial charge in [-0.3, -0.25) is 37.3 Å². The van der Waals surface area contributed by atoms with Crippen LogP contribution < -0.4 is 0 Å². The molecule has 3 N–H and O–H groups in total. The van der Waals surface area contributed by atoms with Crippen LogP contribution in [0.2, 0.25) is 0 Å². The van der Waals surface area contributed by atoms with Gasteiger partial charge < -0.3 is 33.8 Å². The van der Waals surface area contributed by atoms with Crippen molar-refractivity contribution in [3.05, 3.63) is 0 Å². The molecule has 0 aromatic rings. The molecular weight excluding hydrogens is 1440 g/mol. The topological polar surface area (TPSA) is 237 Å². The first-order valence-electron chi connectivity index (χ1n) is 47.7. The molecule has 0 aliphatic heterocycles. The summed E-state index contributed by atoms with van der Waals surface area (Å²) in [6.45, 7) is 7.36. The van der Waals surface area contributed by atoms with Crippen molar-refractivity contribution < 1.29 is 80.2 Å². The Hall–Kier alpha value is -1.94. The van der Waals surface area contributed by atoms with Crippen LogP contribution in [0, 0.1) is 5.92 Å². The summed E-state index contributed by atoms with van der Waals surface area (Å²) in [7, 11) is -9.94. The third-order valence-electron chi connectivity index (χ3n) is 22.1. The molecule has 0 rings (SSSR count). The van der Waals surface area contributed by atoms with Crippen molar-refractivity contribution in [3.63, 3.8) is 0 Å².